The Bertz CT molecular complexity index is 646. The predicted octanol–water partition coefficient (Wildman–Crippen LogP) is 3.42. The van der Waals surface area contributed by atoms with Crippen LogP contribution in [0.4, 0.5) is 24.5 Å². The van der Waals surface area contributed by atoms with E-state index in [9.17, 15) is 18.0 Å². The molecule has 2 rings (SSSR count). The highest BCUT2D eigenvalue weighted by Gasteiger charge is 2.15. The molecule has 0 radical (unpaired) electrons. The smallest absolute Gasteiger partial charge is 0.255 e. The van der Waals surface area contributed by atoms with Gasteiger partial charge >= 0.3 is 0 Å². The quantitative estimate of drug-likeness (QED) is 0.880. The van der Waals surface area contributed by atoms with Gasteiger partial charge in [-0.1, -0.05) is 0 Å². The maximum Gasteiger partial charge on any atom is 0.255 e. The number of nitrogens with one attached hydrogen (secondary N) is 1. The van der Waals surface area contributed by atoms with Gasteiger partial charge in [0.1, 0.15) is 0 Å². The molecule has 2 aromatic rings. The Kier molecular flexibility index (Phi) is 4.16. The van der Waals surface area contributed by atoms with Crippen molar-refractivity contribution in [3.63, 3.8) is 0 Å². The Morgan fingerprint density at radius 3 is 2.00 bits per heavy atom. The fourth-order valence-corrected chi connectivity index (χ4v) is 1.73. The number of halogens is 3. The van der Waals surface area contributed by atoms with E-state index in [1.54, 1.807) is 24.3 Å². The third-order valence-electron chi connectivity index (χ3n) is 2.89. The summed E-state index contributed by atoms with van der Waals surface area (Å²) in [6, 6.07) is 8.18. The van der Waals surface area contributed by atoms with Crippen molar-refractivity contribution in [2.75, 3.05) is 24.3 Å². The van der Waals surface area contributed by atoms with Crippen LogP contribution < -0.4 is 10.2 Å². The monoisotopic (exact) mass is 294 g/mol. The molecule has 1 amide bonds. The van der Waals surface area contributed by atoms with Gasteiger partial charge in [-0.2, -0.15) is 0 Å². The number of nitrogens with zero attached hydrogens (tertiary/aromatic N) is 1. The molecule has 0 aliphatic heterocycles. The molecule has 0 heterocycles. The number of carbonyl (C=O) groups excluding carboxylic acids is 1. The SMILES string of the molecule is CN(C)c1ccc(NC(=O)c2cc(F)c(F)c(F)c2)cc1. The van der Waals surface area contributed by atoms with Gasteiger partial charge in [0, 0.05) is 31.0 Å². The van der Waals surface area contributed by atoms with E-state index in [0.29, 0.717) is 17.8 Å². The van der Waals surface area contributed by atoms with Gasteiger partial charge in [-0.15, -0.1) is 0 Å². The first kappa shape index (κ1) is 14.9. The molecule has 6 heteroatoms. The van der Waals surface area contributed by atoms with Crippen molar-refractivity contribution in [1.29, 1.82) is 0 Å². The average Bonchev–Trinajstić information content (AvgIpc) is 2.44. The number of rotatable bonds is 3. The molecule has 0 saturated heterocycles. The normalized spacial score (nSPS) is 10.3. The standard InChI is InChI=1S/C15H13F3N2O/c1-20(2)11-5-3-10(4-6-11)19-15(21)9-7-12(16)14(18)13(17)8-9/h3-8H,1-2H3,(H,19,21). The summed E-state index contributed by atoms with van der Waals surface area (Å²) in [7, 11) is 3.75. The molecule has 2 aromatic carbocycles. The first-order chi connectivity index (χ1) is 9.88. The second-order valence-corrected chi connectivity index (χ2v) is 4.65. The van der Waals surface area contributed by atoms with Gasteiger partial charge in [-0.05, 0) is 36.4 Å². The summed E-state index contributed by atoms with van der Waals surface area (Å²) in [6.07, 6.45) is 0. The molecule has 1 N–H and O–H groups in total. The van der Waals surface area contributed by atoms with Gasteiger partial charge < -0.3 is 10.2 Å². The van der Waals surface area contributed by atoms with Crippen LogP contribution in [0.1, 0.15) is 10.4 Å². The lowest BCUT2D eigenvalue weighted by atomic mass is 10.2. The molecule has 0 aliphatic carbocycles. The number of hydrogen-bond acceptors (Lipinski definition) is 2. The molecule has 0 aromatic heterocycles. The van der Waals surface area contributed by atoms with Gasteiger partial charge in [0.25, 0.3) is 5.91 Å². The van der Waals surface area contributed by atoms with E-state index in [0.717, 1.165) is 5.69 Å². The molecule has 0 bridgehead atoms. The third kappa shape index (κ3) is 3.34. The van der Waals surface area contributed by atoms with Crippen LogP contribution >= 0.6 is 0 Å². The summed E-state index contributed by atoms with van der Waals surface area (Å²) in [4.78, 5) is 13.8. The summed E-state index contributed by atoms with van der Waals surface area (Å²) >= 11 is 0. The summed E-state index contributed by atoms with van der Waals surface area (Å²) in [5.74, 6) is -5.11. The summed E-state index contributed by atoms with van der Waals surface area (Å²) in [6.45, 7) is 0. The molecule has 110 valence electrons. The van der Waals surface area contributed by atoms with E-state index < -0.39 is 23.4 Å². The van der Waals surface area contributed by atoms with Crippen molar-refractivity contribution in [3.8, 4) is 0 Å². The van der Waals surface area contributed by atoms with Crippen molar-refractivity contribution in [3.05, 3.63) is 59.4 Å². The minimum Gasteiger partial charge on any atom is -0.378 e. The Morgan fingerprint density at radius 1 is 1.00 bits per heavy atom. The van der Waals surface area contributed by atoms with E-state index in [2.05, 4.69) is 5.32 Å². The third-order valence-corrected chi connectivity index (χ3v) is 2.89. The highest BCUT2D eigenvalue weighted by Crippen LogP contribution is 2.18. The van der Waals surface area contributed by atoms with E-state index in [4.69, 9.17) is 0 Å². The first-order valence-electron chi connectivity index (χ1n) is 6.12. The van der Waals surface area contributed by atoms with Gasteiger partial charge in [-0.25, -0.2) is 13.2 Å². The van der Waals surface area contributed by atoms with Crippen LogP contribution in [0.2, 0.25) is 0 Å². The van der Waals surface area contributed by atoms with E-state index in [1.807, 2.05) is 19.0 Å². The Morgan fingerprint density at radius 2 is 1.52 bits per heavy atom. The van der Waals surface area contributed by atoms with Gasteiger partial charge in [-0.3, -0.25) is 4.79 Å². The topological polar surface area (TPSA) is 32.3 Å². The molecule has 0 saturated carbocycles. The number of anilines is 2. The number of carbonyl (C=O) groups is 1. The zero-order valence-electron chi connectivity index (χ0n) is 11.5. The van der Waals surface area contributed by atoms with Crippen LogP contribution in [-0.2, 0) is 0 Å². The van der Waals surface area contributed by atoms with Crippen molar-refractivity contribution < 1.29 is 18.0 Å². The van der Waals surface area contributed by atoms with Gasteiger partial charge in [0.15, 0.2) is 17.5 Å². The maximum atomic E-state index is 13.1. The Balaban J connectivity index is 2.18. The summed E-state index contributed by atoms with van der Waals surface area (Å²) < 4.78 is 39.0. The zero-order valence-corrected chi connectivity index (χ0v) is 11.5. The summed E-state index contributed by atoms with van der Waals surface area (Å²) in [5, 5.41) is 2.49. The molecule has 0 unspecified atom stereocenters. The Labute approximate surface area is 120 Å². The van der Waals surface area contributed by atoms with Crippen molar-refractivity contribution in [2.45, 2.75) is 0 Å². The highest BCUT2D eigenvalue weighted by molar-refractivity contribution is 6.04. The van der Waals surface area contributed by atoms with Crippen LogP contribution in [0, 0.1) is 17.5 Å². The zero-order chi connectivity index (χ0) is 15.6. The molecular formula is C15H13F3N2O. The molecule has 0 fully saturated rings. The largest absolute Gasteiger partial charge is 0.378 e. The fraction of sp³-hybridized carbons (Fsp3) is 0.133. The first-order valence-corrected chi connectivity index (χ1v) is 6.12. The van der Waals surface area contributed by atoms with Crippen LogP contribution in [0.5, 0.6) is 0 Å². The van der Waals surface area contributed by atoms with E-state index >= 15 is 0 Å². The molecule has 0 spiro atoms. The predicted molar refractivity (Wildman–Crippen MR) is 75.0 cm³/mol. The Hall–Kier alpha value is -2.50. The van der Waals surface area contributed by atoms with E-state index in [-0.39, 0.29) is 5.56 Å². The van der Waals surface area contributed by atoms with Crippen LogP contribution in [-0.4, -0.2) is 20.0 Å². The fourth-order valence-electron chi connectivity index (χ4n) is 1.73. The summed E-state index contributed by atoms with van der Waals surface area (Å²) in [5.41, 5.74) is 1.12. The van der Waals surface area contributed by atoms with Crippen molar-refractivity contribution in [1.82, 2.24) is 0 Å². The minimum absolute atomic E-state index is 0.289. The number of amides is 1. The molecule has 0 atom stereocenters. The number of hydrogen-bond donors (Lipinski definition) is 1. The highest BCUT2D eigenvalue weighted by atomic mass is 19.2. The van der Waals surface area contributed by atoms with Gasteiger partial charge in [0.05, 0.1) is 0 Å². The lowest BCUT2D eigenvalue weighted by Crippen LogP contribution is -2.13. The molecular weight excluding hydrogens is 281 g/mol. The van der Waals surface area contributed by atoms with Crippen LogP contribution in [0.15, 0.2) is 36.4 Å². The second-order valence-electron chi connectivity index (χ2n) is 4.65. The lowest BCUT2D eigenvalue weighted by Gasteiger charge is -2.13. The van der Waals surface area contributed by atoms with Crippen molar-refractivity contribution >= 4 is 17.3 Å². The van der Waals surface area contributed by atoms with Gasteiger partial charge in [0.2, 0.25) is 0 Å². The molecule has 3 nitrogen and oxygen atoms in total. The minimum atomic E-state index is -1.60. The maximum absolute atomic E-state index is 13.1. The second kappa shape index (κ2) is 5.87. The van der Waals surface area contributed by atoms with E-state index in [1.165, 1.54) is 0 Å². The molecule has 21 heavy (non-hydrogen) atoms. The average molecular weight is 294 g/mol. The van der Waals surface area contributed by atoms with Crippen LogP contribution in [0.3, 0.4) is 0 Å². The lowest BCUT2D eigenvalue weighted by molar-refractivity contribution is 0.102. The number of benzene rings is 2. The van der Waals surface area contributed by atoms with Crippen molar-refractivity contribution in [2.24, 2.45) is 0 Å². The van der Waals surface area contributed by atoms with Crippen LogP contribution in [0.25, 0.3) is 0 Å². The molecule has 0 aliphatic rings.